The van der Waals surface area contributed by atoms with Crippen molar-refractivity contribution in [2.45, 2.75) is 0 Å². The minimum Gasteiger partial charge on any atom is 0 e. The maximum absolute atomic E-state index is 8.34. The summed E-state index contributed by atoms with van der Waals surface area (Å²) in [5.74, 6) is 0. The maximum Gasteiger partial charge on any atom is 0 e. The van der Waals surface area contributed by atoms with Gasteiger partial charge in [-0.25, -0.2) is 0 Å². The summed E-state index contributed by atoms with van der Waals surface area (Å²) in [7, 11) is 0. The molecule has 0 N–H and O–H groups in total. The van der Waals surface area contributed by atoms with Gasteiger partial charge in [-0.05, 0) is 0 Å². The molecule has 20 valence electrons. The minimum absolute atomic E-state index is 0. The summed E-state index contributed by atoms with van der Waals surface area (Å²) in [6, 6.07) is 0. The van der Waals surface area contributed by atoms with Crippen molar-refractivity contribution in [2.24, 2.45) is 0 Å². The Bertz CT molecular complexity index is 8.00. The molecule has 0 amide bonds. The van der Waals surface area contributed by atoms with Crippen LogP contribution in [0.2, 0.25) is 0 Å². The number of rotatable bonds is 0. The second kappa shape index (κ2) is 18.7. The molecule has 4 heteroatoms. The molecule has 1 nitrogen and oxygen atoms in total. The van der Waals surface area contributed by atoms with Gasteiger partial charge < -0.3 is 0 Å². The van der Waals surface area contributed by atoms with Gasteiger partial charge in [-0.2, -0.15) is 0 Å². The van der Waals surface area contributed by atoms with E-state index in [2.05, 4.69) is 0 Å². The first kappa shape index (κ1) is 16.3. The van der Waals surface area contributed by atoms with E-state index in [0.717, 1.165) is 0 Å². The van der Waals surface area contributed by atoms with Crippen LogP contribution in [0.15, 0.2) is 0 Å². The molecule has 0 rings (SSSR count). The first-order chi connectivity index (χ1) is 1.00. The standard InChI is InChI=1S/In.O.Ti.Zr.3H. The molecule has 0 bridgehead atoms. The zero-order valence-corrected chi connectivity index (χ0v) is 5.43. The molecule has 0 aromatic rings. The van der Waals surface area contributed by atoms with Crippen molar-refractivity contribution in [3.63, 3.8) is 0 Å². The molecule has 0 aromatic heterocycles. The third-order valence-corrected chi connectivity index (χ3v) is 0. The number of hydrogen-bond acceptors (Lipinski definition) is 1. The van der Waals surface area contributed by atoms with Crippen molar-refractivity contribution in [2.75, 3.05) is 0 Å². The van der Waals surface area contributed by atoms with Crippen molar-refractivity contribution in [3.8, 4) is 0 Å². The monoisotopic (exact) mass is 272 g/mol. The van der Waals surface area contributed by atoms with E-state index in [1.165, 1.54) is 0 Å². The van der Waals surface area contributed by atoms with Gasteiger partial charge in [0.15, 0.2) is 0 Å². The van der Waals surface area contributed by atoms with Crippen LogP contribution in [0, 0.1) is 0 Å². The predicted molar refractivity (Wildman–Crippen MR) is 10.6 cm³/mol. The maximum atomic E-state index is 8.34. The van der Waals surface area contributed by atoms with Gasteiger partial charge in [0.25, 0.3) is 0 Å². The zero-order chi connectivity index (χ0) is 2.00. The van der Waals surface area contributed by atoms with E-state index in [9.17, 15) is 0 Å². The molecule has 4 heavy (non-hydrogen) atoms. The number of hydrogen-bond donors (Lipinski definition) is 0. The summed E-state index contributed by atoms with van der Waals surface area (Å²) < 4.78 is 8.34. The van der Waals surface area contributed by atoms with E-state index in [-0.39, 0.29) is 47.6 Å². The fraction of sp³-hybridized carbons (Fsp3) is 0. The van der Waals surface area contributed by atoms with Crippen molar-refractivity contribution in [3.05, 3.63) is 0 Å². The van der Waals surface area contributed by atoms with Gasteiger partial charge in [-0.3, -0.25) is 0 Å². The van der Waals surface area contributed by atoms with Gasteiger partial charge in [0.1, 0.15) is 0 Å². The summed E-state index contributed by atoms with van der Waals surface area (Å²) in [6.45, 7) is 0. The smallest absolute Gasteiger partial charge is 0 e. The normalized spacial score (nSPS) is 0.750. The van der Waals surface area contributed by atoms with Crippen LogP contribution < -0.4 is 0 Å². The summed E-state index contributed by atoms with van der Waals surface area (Å²) in [4.78, 5) is 0. The Balaban J connectivity index is -0.00000000500. The predicted octanol–water partition coefficient (Wildman–Crippen LogP) is -1.31. The summed E-state index contributed by atoms with van der Waals surface area (Å²) in [6.07, 6.45) is 0. The molecule has 0 aromatic carbocycles. The van der Waals surface area contributed by atoms with Crippen LogP contribution in [0.5, 0.6) is 0 Å². The molecule has 0 aliphatic carbocycles. The topological polar surface area (TPSA) is 17.1 Å². The van der Waals surface area contributed by atoms with Crippen molar-refractivity contribution in [1.82, 2.24) is 0 Å². The second-order valence-corrected chi connectivity index (χ2v) is 0. The van der Waals surface area contributed by atoms with Gasteiger partial charge >= 0.3 is 53.4 Å². The van der Waals surface area contributed by atoms with Crippen LogP contribution in [0.3, 0.4) is 0 Å². The first-order valence-electron chi connectivity index (χ1n) is 0.204. The van der Waals surface area contributed by atoms with Crippen LogP contribution in [-0.2, 0) is 49.3 Å². The average Bonchev–Trinajstić information content (AvgIpc) is 1.00. The Morgan fingerprint density at radius 3 is 1.25 bits per heavy atom. The molecule has 0 aliphatic rings. The minimum atomic E-state index is 0. The van der Waals surface area contributed by atoms with Crippen molar-refractivity contribution >= 4 is 25.8 Å². The summed E-state index contributed by atoms with van der Waals surface area (Å²) in [5.41, 5.74) is 0. The molecular weight excluding hydrogens is 270 g/mol. The molecule has 0 saturated carbocycles. The van der Waals surface area contributed by atoms with Gasteiger partial charge in [0.2, 0.25) is 0 Å². The quantitative estimate of drug-likeness (QED) is 0.501. The van der Waals surface area contributed by atoms with Crippen LogP contribution >= 0.6 is 0 Å². The molecule has 0 fully saturated rings. The zero-order valence-electron chi connectivity index (χ0n) is 1.41. The van der Waals surface area contributed by atoms with Crippen LogP contribution in [0.4, 0.5) is 0 Å². The molecule has 0 saturated heterocycles. The Kier molecular flexibility index (Phi) is 76.0. The third-order valence-electron chi connectivity index (χ3n) is 0. The fourth-order valence-electron chi connectivity index (χ4n) is 0. The molecule has 0 radical (unpaired) electrons. The van der Waals surface area contributed by atoms with E-state index in [1.807, 2.05) is 0 Å². The molecule has 0 atom stereocenters. The Morgan fingerprint density at radius 2 is 1.25 bits per heavy atom. The molecule has 0 aliphatic heterocycles. The third kappa shape index (κ3) is 8.86. The fourth-order valence-corrected chi connectivity index (χ4v) is 0. The van der Waals surface area contributed by atoms with Gasteiger partial charge in [0, 0.05) is 21.7 Å². The summed E-state index contributed by atoms with van der Waals surface area (Å²) in [5, 5.41) is 0. The van der Waals surface area contributed by atoms with Crippen molar-refractivity contribution in [1.29, 1.82) is 0 Å². The Morgan fingerprint density at radius 1 is 1.25 bits per heavy atom. The van der Waals surface area contributed by atoms with E-state index >= 15 is 0 Å². The van der Waals surface area contributed by atoms with E-state index in [0.29, 0.717) is 24.7 Å². The molecule has 0 unspecified atom stereocenters. The van der Waals surface area contributed by atoms with Crippen molar-refractivity contribution < 1.29 is 49.3 Å². The van der Waals surface area contributed by atoms with Crippen LogP contribution in [0.1, 0.15) is 0 Å². The Labute approximate surface area is 73.9 Å². The van der Waals surface area contributed by atoms with E-state index < -0.39 is 0 Å². The molecular formula is H3InOTiZr. The van der Waals surface area contributed by atoms with E-state index in [4.69, 9.17) is 2.81 Å². The largest absolute Gasteiger partial charge is 0 e. The summed E-state index contributed by atoms with van der Waals surface area (Å²) >= 11 is 0.300. The molecule has 0 heterocycles. The Hall–Kier alpha value is 2.27. The van der Waals surface area contributed by atoms with E-state index in [1.54, 1.807) is 0 Å². The average molecular weight is 273 g/mol. The first-order valence-corrected chi connectivity index (χ1v) is 1.21. The van der Waals surface area contributed by atoms with Crippen LogP contribution in [-0.4, -0.2) is 25.8 Å². The van der Waals surface area contributed by atoms with Crippen LogP contribution in [0.25, 0.3) is 0 Å². The van der Waals surface area contributed by atoms with Gasteiger partial charge in [0.05, 0.1) is 0 Å². The second-order valence-electron chi connectivity index (χ2n) is 0. The molecule has 0 spiro atoms. The SMILES string of the molecule is [InH3].[O]=[Zr].[Ti]. The van der Waals surface area contributed by atoms with Gasteiger partial charge in [-0.1, -0.05) is 0 Å². The van der Waals surface area contributed by atoms with Gasteiger partial charge in [-0.15, -0.1) is 0 Å².